The average molecular weight is 701 g/mol. The summed E-state index contributed by atoms with van der Waals surface area (Å²) in [6, 6.07) is 33.4. The summed E-state index contributed by atoms with van der Waals surface area (Å²) in [5.74, 6) is 5.44. The molecule has 8 rings (SSSR count). The predicted octanol–water partition coefficient (Wildman–Crippen LogP) is 9.59. The number of hydrogen-bond acceptors (Lipinski definition) is 6. The standard InChI is InChI=1S/2C23H26O3/c2*1-25-18-8-3-15(4-9-18)20-13-17-7-12-23(24)22(17)14-21(20)16-5-10-19(26-2)11-6-16/h2*3-6,8-11,17,22-24H,7,12-14H2,1-2H3/t17?,22?,23-;17-,22+,23-/m01/s1. The maximum absolute atomic E-state index is 10.4. The van der Waals surface area contributed by atoms with Crippen molar-refractivity contribution in [2.45, 2.75) is 63.6 Å². The van der Waals surface area contributed by atoms with Crippen LogP contribution in [0.5, 0.6) is 23.0 Å². The van der Waals surface area contributed by atoms with E-state index in [4.69, 9.17) is 18.9 Å². The topological polar surface area (TPSA) is 77.4 Å². The number of rotatable bonds is 8. The SMILES string of the molecule is COc1ccc(C2=C(c3ccc(OC)cc3)CC3C(CC[C@@H]3O)C2)cc1.COc1ccc(C2=C(c3ccc(OC)cc3)C[C@H]3[C@H](CC[C@H]3O)C2)cc1. The zero-order valence-electron chi connectivity index (χ0n) is 30.9. The summed E-state index contributed by atoms with van der Waals surface area (Å²) in [6.07, 6.45) is 7.76. The molecular weight excluding hydrogens is 649 g/mol. The number of ether oxygens (including phenoxy) is 4. The first-order chi connectivity index (χ1) is 25.4. The molecular formula is C46H52O6. The maximum Gasteiger partial charge on any atom is 0.118 e. The summed E-state index contributed by atoms with van der Waals surface area (Å²) in [4.78, 5) is 0. The molecule has 272 valence electrons. The minimum atomic E-state index is -0.161. The number of fused-ring (bicyclic) bond motifs is 2. The van der Waals surface area contributed by atoms with Gasteiger partial charge in [-0.05, 0) is 168 Å². The Hall–Kier alpha value is -4.52. The summed E-state index contributed by atoms with van der Waals surface area (Å²) in [6.45, 7) is 0. The Morgan fingerprint density at radius 1 is 0.365 bits per heavy atom. The molecule has 52 heavy (non-hydrogen) atoms. The molecule has 0 bridgehead atoms. The van der Waals surface area contributed by atoms with Gasteiger partial charge in [-0.3, -0.25) is 0 Å². The van der Waals surface area contributed by atoms with Gasteiger partial charge >= 0.3 is 0 Å². The molecule has 0 heterocycles. The second kappa shape index (κ2) is 16.0. The summed E-state index contributed by atoms with van der Waals surface area (Å²) >= 11 is 0. The molecule has 2 N–H and O–H groups in total. The van der Waals surface area contributed by atoms with E-state index in [0.717, 1.165) is 74.4 Å². The van der Waals surface area contributed by atoms with Crippen molar-refractivity contribution in [2.24, 2.45) is 23.7 Å². The highest BCUT2D eigenvalue weighted by Crippen LogP contribution is 2.51. The highest BCUT2D eigenvalue weighted by Gasteiger charge is 2.41. The highest BCUT2D eigenvalue weighted by molar-refractivity contribution is 5.93. The van der Waals surface area contributed by atoms with Gasteiger partial charge in [-0.15, -0.1) is 0 Å². The van der Waals surface area contributed by atoms with Crippen molar-refractivity contribution in [3.63, 3.8) is 0 Å². The Morgan fingerprint density at radius 3 is 0.865 bits per heavy atom. The molecule has 0 aliphatic heterocycles. The summed E-state index contributed by atoms with van der Waals surface area (Å²) in [7, 11) is 6.78. The van der Waals surface area contributed by atoms with Crippen LogP contribution in [0.2, 0.25) is 0 Å². The summed E-state index contributed by atoms with van der Waals surface area (Å²) in [5, 5.41) is 20.9. The van der Waals surface area contributed by atoms with E-state index in [1.807, 2.05) is 48.5 Å². The lowest BCUT2D eigenvalue weighted by molar-refractivity contribution is 0.119. The van der Waals surface area contributed by atoms with Gasteiger partial charge in [0.05, 0.1) is 40.6 Å². The van der Waals surface area contributed by atoms with Gasteiger partial charge in [-0.2, -0.15) is 0 Å². The molecule has 0 amide bonds. The van der Waals surface area contributed by atoms with Gasteiger partial charge < -0.3 is 29.2 Å². The monoisotopic (exact) mass is 700 g/mol. The zero-order chi connectivity index (χ0) is 36.2. The average Bonchev–Trinajstić information content (AvgIpc) is 3.77. The van der Waals surface area contributed by atoms with Crippen molar-refractivity contribution in [2.75, 3.05) is 28.4 Å². The Bertz CT molecular complexity index is 1720. The Balaban J connectivity index is 0.000000162. The molecule has 0 spiro atoms. The van der Waals surface area contributed by atoms with Crippen molar-refractivity contribution in [1.29, 1.82) is 0 Å². The molecule has 2 unspecified atom stereocenters. The molecule has 4 aromatic carbocycles. The Kier molecular flexibility index (Phi) is 11.0. The lowest BCUT2D eigenvalue weighted by Crippen LogP contribution is -2.23. The number of aliphatic hydroxyl groups excluding tert-OH is 2. The second-order valence-corrected chi connectivity index (χ2v) is 14.8. The first kappa shape index (κ1) is 35.9. The van der Waals surface area contributed by atoms with Crippen LogP contribution in [-0.4, -0.2) is 50.9 Å². The molecule has 2 saturated carbocycles. The first-order valence-electron chi connectivity index (χ1n) is 18.8. The molecule has 0 saturated heterocycles. The van der Waals surface area contributed by atoms with Crippen LogP contribution in [-0.2, 0) is 0 Å². The Labute approximate surface area is 308 Å². The minimum absolute atomic E-state index is 0.161. The van der Waals surface area contributed by atoms with Gasteiger partial charge in [0, 0.05) is 0 Å². The van der Waals surface area contributed by atoms with Gasteiger partial charge in [0.2, 0.25) is 0 Å². The third-order valence-corrected chi connectivity index (χ3v) is 12.2. The number of hydrogen-bond donors (Lipinski definition) is 2. The van der Waals surface area contributed by atoms with Crippen LogP contribution in [0.15, 0.2) is 97.1 Å². The van der Waals surface area contributed by atoms with Crippen LogP contribution < -0.4 is 18.9 Å². The smallest absolute Gasteiger partial charge is 0.118 e. The van der Waals surface area contributed by atoms with Gasteiger partial charge in [0.25, 0.3) is 0 Å². The number of allylic oxidation sites excluding steroid dienone is 4. The van der Waals surface area contributed by atoms with E-state index in [9.17, 15) is 10.2 Å². The summed E-state index contributed by atoms with van der Waals surface area (Å²) < 4.78 is 21.2. The zero-order valence-corrected chi connectivity index (χ0v) is 30.9. The Morgan fingerprint density at radius 2 is 0.615 bits per heavy atom. The predicted molar refractivity (Wildman–Crippen MR) is 209 cm³/mol. The van der Waals surface area contributed by atoms with E-state index < -0.39 is 0 Å². The molecule has 2 fully saturated rings. The molecule has 4 aromatic rings. The van der Waals surface area contributed by atoms with Crippen molar-refractivity contribution < 1.29 is 29.2 Å². The minimum Gasteiger partial charge on any atom is -0.497 e. The first-order valence-corrected chi connectivity index (χ1v) is 18.8. The van der Waals surface area contributed by atoms with Crippen molar-refractivity contribution >= 4 is 22.3 Å². The van der Waals surface area contributed by atoms with E-state index in [1.54, 1.807) is 28.4 Å². The second-order valence-electron chi connectivity index (χ2n) is 14.8. The molecule has 6 heteroatoms. The lowest BCUT2D eigenvalue weighted by Gasteiger charge is -2.32. The van der Waals surface area contributed by atoms with Crippen molar-refractivity contribution in [1.82, 2.24) is 0 Å². The molecule has 6 nitrogen and oxygen atoms in total. The van der Waals surface area contributed by atoms with Gasteiger partial charge in [-0.25, -0.2) is 0 Å². The van der Waals surface area contributed by atoms with Crippen LogP contribution in [0.25, 0.3) is 22.3 Å². The highest BCUT2D eigenvalue weighted by atomic mass is 16.5. The fourth-order valence-corrected chi connectivity index (χ4v) is 9.19. The van der Waals surface area contributed by atoms with Gasteiger partial charge in [0.15, 0.2) is 0 Å². The quantitative estimate of drug-likeness (QED) is 0.191. The van der Waals surface area contributed by atoms with Crippen LogP contribution >= 0.6 is 0 Å². The fourth-order valence-electron chi connectivity index (χ4n) is 9.19. The number of methoxy groups -OCH3 is 4. The molecule has 0 radical (unpaired) electrons. The van der Waals surface area contributed by atoms with E-state index in [1.165, 1.54) is 44.5 Å². The van der Waals surface area contributed by atoms with Gasteiger partial charge in [0.1, 0.15) is 23.0 Å². The van der Waals surface area contributed by atoms with Crippen molar-refractivity contribution in [3.05, 3.63) is 119 Å². The molecule has 4 aliphatic rings. The third kappa shape index (κ3) is 7.51. The van der Waals surface area contributed by atoms with E-state index in [2.05, 4.69) is 48.5 Å². The van der Waals surface area contributed by atoms with Crippen LogP contribution in [0, 0.1) is 23.7 Å². The van der Waals surface area contributed by atoms with Crippen LogP contribution in [0.3, 0.4) is 0 Å². The fraction of sp³-hybridized carbons (Fsp3) is 0.391. The van der Waals surface area contributed by atoms with Crippen LogP contribution in [0.4, 0.5) is 0 Å². The van der Waals surface area contributed by atoms with E-state index >= 15 is 0 Å². The lowest BCUT2D eigenvalue weighted by atomic mass is 9.73. The van der Waals surface area contributed by atoms with Gasteiger partial charge in [-0.1, -0.05) is 48.5 Å². The van der Waals surface area contributed by atoms with E-state index in [-0.39, 0.29) is 12.2 Å². The number of aliphatic hydroxyl groups is 2. The molecule has 6 atom stereocenters. The van der Waals surface area contributed by atoms with Crippen LogP contribution in [0.1, 0.15) is 73.6 Å². The van der Waals surface area contributed by atoms with Crippen molar-refractivity contribution in [3.8, 4) is 23.0 Å². The maximum atomic E-state index is 10.4. The molecule has 4 aliphatic carbocycles. The van der Waals surface area contributed by atoms with E-state index in [0.29, 0.717) is 23.7 Å². The largest absolute Gasteiger partial charge is 0.497 e. The third-order valence-electron chi connectivity index (χ3n) is 12.2. The summed E-state index contributed by atoms with van der Waals surface area (Å²) in [5.41, 5.74) is 10.5. The number of benzene rings is 4. The molecule has 0 aromatic heterocycles. The normalized spacial score (nSPS) is 25.1.